The Morgan fingerprint density at radius 2 is 0.470 bits per heavy atom. The molecule has 0 aliphatic rings. The molecule has 1 atom stereocenters. The fourth-order valence-electron chi connectivity index (χ4n) is 10.8. The second-order valence-corrected chi connectivity index (χ2v) is 24.5. The molecule has 0 spiro atoms. The average molecular weight is 1160 g/mol. The summed E-state index contributed by atoms with van der Waals surface area (Å²) < 4.78 is 17.0. The van der Waals surface area contributed by atoms with Gasteiger partial charge in [0.15, 0.2) is 6.10 Å². The molecule has 6 heteroatoms. The van der Waals surface area contributed by atoms with Crippen molar-refractivity contribution in [3.8, 4) is 0 Å². The van der Waals surface area contributed by atoms with E-state index in [9.17, 15) is 14.4 Å². The Hall–Kier alpha value is -3.15. The lowest BCUT2D eigenvalue weighted by Crippen LogP contribution is -2.30. The van der Waals surface area contributed by atoms with Crippen molar-refractivity contribution in [1.82, 2.24) is 0 Å². The molecule has 0 aromatic carbocycles. The number of allylic oxidation sites excluding steroid dienone is 12. The first-order chi connectivity index (χ1) is 41.0. The van der Waals surface area contributed by atoms with Crippen molar-refractivity contribution in [3.05, 3.63) is 72.9 Å². The molecule has 0 aromatic rings. The third kappa shape index (κ3) is 69.5. The standard InChI is InChI=1S/C77H138O6/c1-4-7-10-13-16-19-22-25-28-30-32-34-36-38-40-42-44-46-49-52-55-58-61-64-67-70-76(79)82-73-74(72-81-75(78)69-66-63-60-57-54-51-48-27-24-21-18-15-12-9-6-3)83-77(80)71-68-65-62-59-56-53-50-47-45-43-41-39-37-35-33-31-29-26-23-20-17-14-11-8-5-2/h7,10,16,19,25,28,31-34,38,40,74H,4-6,8-9,11-15,17-18,20-24,26-27,29-30,35-37,39,41-73H2,1-3H3/b10-7-,19-16-,28-25-,33-31-,34-32-,40-38-. The Kier molecular flexibility index (Phi) is 68.6. The van der Waals surface area contributed by atoms with Crippen LogP contribution in [0.5, 0.6) is 0 Å². The van der Waals surface area contributed by atoms with Crippen LogP contribution in [-0.4, -0.2) is 37.2 Å². The molecule has 83 heavy (non-hydrogen) atoms. The van der Waals surface area contributed by atoms with Gasteiger partial charge in [-0.25, -0.2) is 0 Å². The summed E-state index contributed by atoms with van der Waals surface area (Å²) in [6, 6.07) is 0. The van der Waals surface area contributed by atoms with Crippen molar-refractivity contribution < 1.29 is 28.6 Å². The van der Waals surface area contributed by atoms with Crippen LogP contribution in [0.3, 0.4) is 0 Å². The molecule has 0 bridgehead atoms. The second kappa shape index (κ2) is 71.3. The van der Waals surface area contributed by atoms with Gasteiger partial charge >= 0.3 is 17.9 Å². The van der Waals surface area contributed by atoms with E-state index >= 15 is 0 Å². The number of hydrogen-bond acceptors (Lipinski definition) is 6. The molecule has 0 saturated carbocycles. The maximum absolute atomic E-state index is 13.0. The highest BCUT2D eigenvalue weighted by atomic mass is 16.6. The number of hydrogen-bond donors (Lipinski definition) is 0. The van der Waals surface area contributed by atoms with E-state index < -0.39 is 6.10 Å². The fraction of sp³-hybridized carbons (Fsp3) is 0.805. The van der Waals surface area contributed by atoms with E-state index in [1.54, 1.807) is 0 Å². The molecule has 0 rings (SSSR count). The summed E-state index contributed by atoms with van der Waals surface area (Å²) in [5, 5.41) is 0. The minimum absolute atomic E-state index is 0.0724. The van der Waals surface area contributed by atoms with Gasteiger partial charge in [-0.05, 0) is 89.9 Å². The highest BCUT2D eigenvalue weighted by Crippen LogP contribution is 2.18. The van der Waals surface area contributed by atoms with E-state index in [2.05, 4.69) is 93.7 Å². The SMILES string of the molecule is CC/C=C\C/C=C\C/C=C\C/C=C\C/C=C\CCCCCCCCCCCC(=O)OCC(COC(=O)CCCCCCCCCCCCCCCCC)OC(=O)CCCCCCCCCCCCCCC/C=C\CCCCCCCCCC. The van der Waals surface area contributed by atoms with Crippen LogP contribution in [0.1, 0.15) is 380 Å². The zero-order valence-electron chi connectivity index (χ0n) is 55.5. The summed E-state index contributed by atoms with van der Waals surface area (Å²) >= 11 is 0. The molecule has 0 heterocycles. The zero-order valence-corrected chi connectivity index (χ0v) is 55.5. The fourth-order valence-corrected chi connectivity index (χ4v) is 10.8. The molecule has 0 N–H and O–H groups in total. The van der Waals surface area contributed by atoms with Crippen molar-refractivity contribution in [1.29, 1.82) is 0 Å². The van der Waals surface area contributed by atoms with Gasteiger partial charge in [-0.2, -0.15) is 0 Å². The highest BCUT2D eigenvalue weighted by molar-refractivity contribution is 5.71. The van der Waals surface area contributed by atoms with Crippen LogP contribution < -0.4 is 0 Å². The van der Waals surface area contributed by atoms with Gasteiger partial charge in [0.2, 0.25) is 0 Å². The van der Waals surface area contributed by atoms with Gasteiger partial charge in [0.05, 0.1) is 0 Å². The van der Waals surface area contributed by atoms with E-state index in [4.69, 9.17) is 14.2 Å². The third-order valence-electron chi connectivity index (χ3n) is 16.2. The normalized spacial score (nSPS) is 12.5. The van der Waals surface area contributed by atoms with Crippen molar-refractivity contribution in [2.24, 2.45) is 0 Å². The number of carbonyl (C=O) groups excluding carboxylic acids is 3. The topological polar surface area (TPSA) is 78.9 Å². The lowest BCUT2D eigenvalue weighted by Gasteiger charge is -2.18. The molecule has 0 aromatic heterocycles. The van der Waals surface area contributed by atoms with Crippen LogP contribution in [-0.2, 0) is 28.6 Å². The van der Waals surface area contributed by atoms with Crippen molar-refractivity contribution in [3.63, 3.8) is 0 Å². The summed E-state index contributed by atoms with van der Waals surface area (Å²) in [4.78, 5) is 38.5. The van der Waals surface area contributed by atoms with Crippen LogP contribution in [0.25, 0.3) is 0 Å². The molecule has 0 aliphatic heterocycles. The lowest BCUT2D eigenvalue weighted by molar-refractivity contribution is -0.167. The first-order valence-corrected chi connectivity index (χ1v) is 36.4. The Balaban J connectivity index is 4.30. The number of ether oxygens (including phenoxy) is 3. The molecule has 482 valence electrons. The molecule has 0 amide bonds. The van der Waals surface area contributed by atoms with Crippen molar-refractivity contribution in [2.45, 2.75) is 386 Å². The lowest BCUT2D eigenvalue weighted by atomic mass is 10.0. The predicted octanol–water partition coefficient (Wildman–Crippen LogP) is 25.2. The third-order valence-corrected chi connectivity index (χ3v) is 16.2. The Labute approximate surface area is 516 Å². The first kappa shape index (κ1) is 79.8. The molecule has 0 radical (unpaired) electrons. The molecular weight excluding hydrogens is 1020 g/mol. The summed E-state index contributed by atoms with van der Waals surface area (Å²) in [5.74, 6) is -0.854. The van der Waals surface area contributed by atoms with Gasteiger partial charge < -0.3 is 14.2 Å². The van der Waals surface area contributed by atoms with Crippen LogP contribution >= 0.6 is 0 Å². The molecule has 6 nitrogen and oxygen atoms in total. The van der Waals surface area contributed by atoms with E-state index in [1.165, 1.54) is 244 Å². The minimum Gasteiger partial charge on any atom is -0.462 e. The largest absolute Gasteiger partial charge is 0.462 e. The van der Waals surface area contributed by atoms with E-state index in [-0.39, 0.29) is 31.1 Å². The maximum atomic E-state index is 13.0. The van der Waals surface area contributed by atoms with Crippen LogP contribution in [0.2, 0.25) is 0 Å². The van der Waals surface area contributed by atoms with Gasteiger partial charge in [-0.1, -0.05) is 344 Å². The van der Waals surface area contributed by atoms with Gasteiger partial charge in [-0.3, -0.25) is 14.4 Å². The van der Waals surface area contributed by atoms with Crippen molar-refractivity contribution in [2.75, 3.05) is 13.2 Å². The number of esters is 3. The van der Waals surface area contributed by atoms with E-state index in [1.807, 2.05) is 0 Å². The Bertz CT molecular complexity index is 1520. The van der Waals surface area contributed by atoms with Crippen molar-refractivity contribution >= 4 is 17.9 Å². The summed E-state index contributed by atoms with van der Waals surface area (Å²) in [6.07, 6.45) is 93.6. The van der Waals surface area contributed by atoms with Gasteiger partial charge in [-0.15, -0.1) is 0 Å². The summed E-state index contributed by atoms with van der Waals surface area (Å²) in [5.41, 5.74) is 0. The van der Waals surface area contributed by atoms with E-state index in [0.717, 1.165) is 96.3 Å². The highest BCUT2D eigenvalue weighted by Gasteiger charge is 2.19. The smallest absolute Gasteiger partial charge is 0.306 e. The Morgan fingerprint density at radius 1 is 0.253 bits per heavy atom. The molecular formula is C77H138O6. The maximum Gasteiger partial charge on any atom is 0.306 e. The van der Waals surface area contributed by atoms with Gasteiger partial charge in [0.25, 0.3) is 0 Å². The molecule has 0 saturated heterocycles. The quantitative estimate of drug-likeness (QED) is 0.0261. The summed E-state index contributed by atoms with van der Waals surface area (Å²) in [6.45, 7) is 6.59. The van der Waals surface area contributed by atoms with Crippen LogP contribution in [0, 0.1) is 0 Å². The van der Waals surface area contributed by atoms with Gasteiger partial charge in [0, 0.05) is 19.3 Å². The number of unbranched alkanes of at least 4 members (excludes halogenated alkanes) is 44. The number of carbonyl (C=O) groups is 3. The van der Waals surface area contributed by atoms with Crippen LogP contribution in [0.4, 0.5) is 0 Å². The first-order valence-electron chi connectivity index (χ1n) is 36.4. The summed E-state index contributed by atoms with van der Waals surface area (Å²) in [7, 11) is 0. The second-order valence-electron chi connectivity index (χ2n) is 24.5. The van der Waals surface area contributed by atoms with E-state index in [0.29, 0.717) is 19.3 Å². The van der Waals surface area contributed by atoms with Crippen LogP contribution in [0.15, 0.2) is 72.9 Å². The molecule has 1 unspecified atom stereocenters. The zero-order chi connectivity index (χ0) is 59.9. The molecule has 0 fully saturated rings. The average Bonchev–Trinajstić information content (AvgIpc) is 3.49. The van der Waals surface area contributed by atoms with Gasteiger partial charge in [0.1, 0.15) is 13.2 Å². The number of rotatable bonds is 67. The monoisotopic (exact) mass is 1160 g/mol. The molecule has 0 aliphatic carbocycles. The Morgan fingerprint density at radius 3 is 0.747 bits per heavy atom. The minimum atomic E-state index is -0.778. The predicted molar refractivity (Wildman–Crippen MR) is 362 cm³/mol.